The molecule has 8 nitrogen and oxygen atoms in total. The Labute approximate surface area is 177 Å². The minimum absolute atomic E-state index is 0. The number of benzene rings is 1. The highest BCUT2D eigenvalue weighted by molar-refractivity contribution is 14.0. The summed E-state index contributed by atoms with van der Waals surface area (Å²) in [5.41, 5.74) is 0.878. The third-order valence-electron chi connectivity index (χ3n) is 3.69. The quantitative estimate of drug-likeness (QED) is 0.321. The fourth-order valence-electron chi connectivity index (χ4n) is 2.47. The van der Waals surface area contributed by atoms with E-state index >= 15 is 0 Å². The van der Waals surface area contributed by atoms with Crippen LogP contribution in [0.5, 0.6) is 11.5 Å². The molecule has 0 amide bonds. The van der Waals surface area contributed by atoms with Crippen molar-refractivity contribution in [3.63, 3.8) is 0 Å². The molecule has 0 bridgehead atoms. The maximum atomic E-state index is 5.55. The van der Waals surface area contributed by atoms with Crippen molar-refractivity contribution in [3.05, 3.63) is 30.4 Å². The van der Waals surface area contributed by atoms with Crippen LogP contribution in [0.3, 0.4) is 0 Å². The second-order valence-corrected chi connectivity index (χ2v) is 5.48. The van der Waals surface area contributed by atoms with E-state index in [0.29, 0.717) is 24.9 Å². The van der Waals surface area contributed by atoms with Crippen molar-refractivity contribution in [3.8, 4) is 11.5 Å². The Hall–Kier alpha value is -2.04. The second-order valence-electron chi connectivity index (χ2n) is 5.48. The number of guanidine groups is 1. The second kappa shape index (κ2) is 12.4. The third kappa shape index (κ3) is 6.89. The number of rotatable bonds is 9. The van der Waals surface area contributed by atoms with Crippen molar-refractivity contribution in [2.45, 2.75) is 33.7 Å². The summed E-state index contributed by atoms with van der Waals surface area (Å²) in [6.07, 6.45) is 2.60. The van der Waals surface area contributed by atoms with Gasteiger partial charge in [0, 0.05) is 31.3 Å². The summed E-state index contributed by atoms with van der Waals surface area (Å²) >= 11 is 0. The molecule has 0 fully saturated rings. The van der Waals surface area contributed by atoms with Gasteiger partial charge in [-0.2, -0.15) is 0 Å². The molecule has 0 unspecified atom stereocenters. The minimum atomic E-state index is 0. The Morgan fingerprint density at radius 2 is 2.04 bits per heavy atom. The predicted molar refractivity (Wildman–Crippen MR) is 119 cm³/mol. The van der Waals surface area contributed by atoms with Crippen LogP contribution in [0.25, 0.3) is 0 Å². The van der Waals surface area contributed by atoms with Crippen LogP contribution in [0, 0.1) is 0 Å². The smallest absolute Gasteiger partial charge is 0.195 e. The minimum Gasteiger partial charge on any atom is -0.493 e. The zero-order chi connectivity index (χ0) is 18.8. The highest BCUT2D eigenvalue weighted by atomic mass is 127. The number of methoxy groups -OCH3 is 1. The standard InChI is InChI=1S/C18H28N6O2.HI/c1-5-17-23-21-13-24(17)11-10-20-18(19-6-2)22-14-8-9-15(26-7-3)16(12-14)25-4;/h8-9,12-13H,5-7,10-11H2,1-4H3,(H2,19,20,22);1H. The molecule has 2 aromatic rings. The lowest BCUT2D eigenvalue weighted by atomic mass is 10.2. The molecule has 150 valence electrons. The SMILES string of the molecule is CCNC(=NCCn1cnnc1CC)Nc1ccc(OCC)c(OC)c1.I. The lowest BCUT2D eigenvalue weighted by molar-refractivity contribution is 0.311. The van der Waals surface area contributed by atoms with Crippen molar-refractivity contribution >= 4 is 35.6 Å². The molecule has 27 heavy (non-hydrogen) atoms. The van der Waals surface area contributed by atoms with Gasteiger partial charge in [-0.3, -0.25) is 4.99 Å². The zero-order valence-electron chi connectivity index (χ0n) is 16.4. The van der Waals surface area contributed by atoms with E-state index in [4.69, 9.17) is 9.47 Å². The summed E-state index contributed by atoms with van der Waals surface area (Å²) in [5.74, 6) is 3.09. The van der Waals surface area contributed by atoms with Crippen molar-refractivity contribution < 1.29 is 9.47 Å². The number of nitrogens with one attached hydrogen (secondary N) is 2. The molecular weight excluding hydrogens is 459 g/mol. The first-order chi connectivity index (χ1) is 12.7. The highest BCUT2D eigenvalue weighted by Crippen LogP contribution is 2.30. The maximum absolute atomic E-state index is 5.55. The van der Waals surface area contributed by atoms with Crippen LogP contribution < -0.4 is 20.1 Å². The number of hydrogen-bond acceptors (Lipinski definition) is 5. The van der Waals surface area contributed by atoms with E-state index in [9.17, 15) is 0 Å². The van der Waals surface area contributed by atoms with Gasteiger partial charge >= 0.3 is 0 Å². The fraction of sp³-hybridized carbons (Fsp3) is 0.500. The number of ether oxygens (including phenoxy) is 2. The normalized spacial score (nSPS) is 10.9. The van der Waals surface area contributed by atoms with E-state index in [0.717, 1.165) is 36.8 Å². The molecule has 0 atom stereocenters. The Balaban J connectivity index is 0.00000364. The number of anilines is 1. The van der Waals surface area contributed by atoms with E-state index in [1.54, 1.807) is 13.4 Å². The Bertz CT molecular complexity index is 720. The van der Waals surface area contributed by atoms with Crippen molar-refractivity contribution in [2.75, 3.05) is 32.1 Å². The van der Waals surface area contributed by atoms with Crippen LogP contribution in [0.4, 0.5) is 5.69 Å². The molecule has 0 spiro atoms. The average molecular weight is 488 g/mol. The molecule has 0 radical (unpaired) electrons. The molecule has 9 heteroatoms. The van der Waals surface area contributed by atoms with Gasteiger partial charge in [0.1, 0.15) is 12.2 Å². The molecule has 0 saturated heterocycles. The van der Waals surface area contributed by atoms with Crippen molar-refractivity contribution in [1.29, 1.82) is 0 Å². The Morgan fingerprint density at radius 1 is 1.22 bits per heavy atom. The van der Waals surface area contributed by atoms with E-state index in [2.05, 4.69) is 32.7 Å². The van der Waals surface area contributed by atoms with Gasteiger partial charge in [-0.25, -0.2) is 0 Å². The van der Waals surface area contributed by atoms with Crippen LogP contribution in [0.2, 0.25) is 0 Å². The molecule has 0 aliphatic heterocycles. The van der Waals surface area contributed by atoms with Crippen LogP contribution in [0.1, 0.15) is 26.6 Å². The summed E-state index contributed by atoms with van der Waals surface area (Å²) in [4.78, 5) is 4.62. The topological polar surface area (TPSA) is 85.6 Å². The van der Waals surface area contributed by atoms with Crippen LogP contribution in [0.15, 0.2) is 29.5 Å². The first-order valence-electron chi connectivity index (χ1n) is 8.94. The molecule has 0 aliphatic rings. The van der Waals surface area contributed by atoms with Gasteiger partial charge in [0.05, 0.1) is 20.3 Å². The Morgan fingerprint density at radius 3 is 2.70 bits per heavy atom. The van der Waals surface area contributed by atoms with E-state index < -0.39 is 0 Å². The fourth-order valence-corrected chi connectivity index (χ4v) is 2.47. The number of hydrogen-bond donors (Lipinski definition) is 2. The average Bonchev–Trinajstić information content (AvgIpc) is 3.10. The highest BCUT2D eigenvalue weighted by Gasteiger charge is 2.07. The molecule has 1 aromatic heterocycles. The largest absolute Gasteiger partial charge is 0.493 e. The summed E-state index contributed by atoms with van der Waals surface area (Å²) < 4.78 is 13.0. The van der Waals surface area contributed by atoms with Gasteiger partial charge in [0.2, 0.25) is 0 Å². The molecule has 2 N–H and O–H groups in total. The van der Waals surface area contributed by atoms with Crippen molar-refractivity contribution in [2.24, 2.45) is 4.99 Å². The predicted octanol–water partition coefficient (Wildman–Crippen LogP) is 2.94. The summed E-state index contributed by atoms with van der Waals surface area (Å²) in [5, 5.41) is 14.6. The Kier molecular flexibility index (Phi) is 10.5. The third-order valence-corrected chi connectivity index (χ3v) is 3.69. The monoisotopic (exact) mass is 488 g/mol. The molecular formula is C18H29IN6O2. The van der Waals surface area contributed by atoms with Crippen LogP contribution >= 0.6 is 24.0 Å². The van der Waals surface area contributed by atoms with Gasteiger partial charge in [-0.1, -0.05) is 6.92 Å². The molecule has 0 aliphatic carbocycles. The lowest BCUT2D eigenvalue weighted by Gasteiger charge is -2.14. The molecule has 1 heterocycles. The van der Waals surface area contributed by atoms with Gasteiger partial charge in [-0.15, -0.1) is 34.2 Å². The molecule has 1 aromatic carbocycles. The van der Waals surface area contributed by atoms with Crippen LogP contribution in [-0.4, -0.2) is 47.5 Å². The van der Waals surface area contributed by atoms with Gasteiger partial charge in [-0.05, 0) is 26.0 Å². The van der Waals surface area contributed by atoms with Crippen LogP contribution in [-0.2, 0) is 13.0 Å². The van der Waals surface area contributed by atoms with E-state index in [1.807, 2.05) is 36.6 Å². The van der Waals surface area contributed by atoms with E-state index in [-0.39, 0.29) is 24.0 Å². The first kappa shape index (κ1) is 23.0. The van der Waals surface area contributed by atoms with Gasteiger partial charge < -0.3 is 24.7 Å². The summed E-state index contributed by atoms with van der Waals surface area (Å²) in [7, 11) is 1.63. The number of nitrogens with zero attached hydrogens (tertiary/aromatic N) is 4. The molecule has 2 rings (SSSR count). The van der Waals surface area contributed by atoms with E-state index in [1.165, 1.54) is 0 Å². The summed E-state index contributed by atoms with van der Waals surface area (Å²) in [6, 6.07) is 5.72. The number of halogens is 1. The van der Waals surface area contributed by atoms with Gasteiger partial charge in [0.15, 0.2) is 17.5 Å². The number of aryl methyl sites for hydroxylation is 1. The zero-order valence-corrected chi connectivity index (χ0v) is 18.7. The number of aromatic nitrogens is 3. The molecule has 0 saturated carbocycles. The summed E-state index contributed by atoms with van der Waals surface area (Å²) in [6.45, 7) is 8.76. The maximum Gasteiger partial charge on any atom is 0.195 e. The lowest BCUT2D eigenvalue weighted by Crippen LogP contribution is -2.31. The first-order valence-corrected chi connectivity index (χ1v) is 8.94. The number of aliphatic imine (C=N–C) groups is 1. The van der Waals surface area contributed by atoms with Crippen molar-refractivity contribution in [1.82, 2.24) is 20.1 Å². The van der Waals surface area contributed by atoms with Gasteiger partial charge in [0.25, 0.3) is 0 Å².